The summed E-state index contributed by atoms with van der Waals surface area (Å²) in [5.74, 6) is 1.64. The van der Waals surface area contributed by atoms with Gasteiger partial charge in [-0.3, -0.25) is 4.90 Å². The fourth-order valence-corrected chi connectivity index (χ4v) is 3.80. The Bertz CT molecular complexity index is 824. The van der Waals surface area contributed by atoms with Gasteiger partial charge in [-0.15, -0.1) is 0 Å². The van der Waals surface area contributed by atoms with Crippen molar-refractivity contribution in [2.45, 2.75) is 38.4 Å². The van der Waals surface area contributed by atoms with Crippen LogP contribution in [0.5, 0.6) is 11.5 Å². The average Bonchev–Trinajstić information content (AvgIpc) is 3.11. The molecule has 1 saturated carbocycles. The van der Waals surface area contributed by atoms with Crippen LogP contribution in [0.15, 0.2) is 47.5 Å². The lowest BCUT2D eigenvalue weighted by atomic mass is 9.85. The summed E-state index contributed by atoms with van der Waals surface area (Å²) in [7, 11) is 0. The zero-order valence-electron chi connectivity index (χ0n) is 14.9. The van der Waals surface area contributed by atoms with E-state index < -0.39 is 0 Å². The molecule has 0 radical (unpaired) electrons. The second-order valence-electron chi connectivity index (χ2n) is 6.83. The molecule has 0 amide bonds. The topological polar surface area (TPSA) is 34.1 Å². The van der Waals surface area contributed by atoms with Crippen LogP contribution in [0.25, 0.3) is 11.1 Å². The van der Waals surface area contributed by atoms with Crippen molar-refractivity contribution < 1.29 is 9.47 Å². The minimum Gasteiger partial charge on any atom is -0.454 e. The van der Waals surface area contributed by atoms with Gasteiger partial charge in [-0.1, -0.05) is 37.3 Å². The van der Waals surface area contributed by atoms with Gasteiger partial charge in [0, 0.05) is 12.6 Å². The number of ether oxygens (including phenoxy) is 2. The molecule has 134 valence electrons. The molecule has 1 fully saturated rings. The Balaban J connectivity index is 1.42. The first kappa shape index (κ1) is 17.2. The van der Waals surface area contributed by atoms with Gasteiger partial charge in [0.1, 0.15) is 0 Å². The Morgan fingerprint density at radius 1 is 1.08 bits per heavy atom. The van der Waals surface area contributed by atoms with E-state index in [1.165, 1.54) is 11.1 Å². The number of hydrogen-bond acceptors (Lipinski definition) is 5. The van der Waals surface area contributed by atoms with Gasteiger partial charge in [-0.25, -0.2) is 4.99 Å². The van der Waals surface area contributed by atoms with Gasteiger partial charge < -0.3 is 9.47 Å². The van der Waals surface area contributed by atoms with E-state index in [0.717, 1.165) is 43.0 Å². The lowest BCUT2D eigenvalue weighted by Crippen LogP contribution is -2.46. The molecule has 0 N–H and O–H groups in total. The van der Waals surface area contributed by atoms with E-state index in [1.807, 2.05) is 12.1 Å². The smallest absolute Gasteiger partial charge is 0.231 e. The SMILES string of the molecule is CCN(Cc1ccc(-c2ccc3c(c2)OCO3)cc1)C1CC(N=C=S)C1. The van der Waals surface area contributed by atoms with Crippen molar-refractivity contribution in [2.75, 3.05) is 13.3 Å². The monoisotopic (exact) mass is 366 g/mol. The second-order valence-corrected chi connectivity index (χ2v) is 7.01. The Labute approximate surface area is 159 Å². The molecule has 1 heterocycles. The van der Waals surface area contributed by atoms with Crippen LogP contribution in [0.2, 0.25) is 0 Å². The highest BCUT2D eigenvalue weighted by Crippen LogP contribution is 2.36. The van der Waals surface area contributed by atoms with Gasteiger partial charge in [-0.2, -0.15) is 0 Å². The number of aliphatic imine (C=N–C) groups is 1. The molecule has 1 aliphatic carbocycles. The molecule has 4 nitrogen and oxygen atoms in total. The van der Waals surface area contributed by atoms with Gasteiger partial charge in [-0.05, 0) is 60.4 Å². The summed E-state index contributed by atoms with van der Waals surface area (Å²) in [5, 5.41) is 2.51. The predicted molar refractivity (Wildman–Crippen MR) is 106 cm³/mol. The minimum absolute atomic E-state index is 0.308. The number of fused-ring (bicyclic) bond motifs is 1. The van der Waals surface area contributed by atoms with Crippen molar-refractivity contribution >= 4 is 17.4 Å². The average molecular weight is 366 g/mol. The lowest BCUT2D eigenvalue weighted by molar-refractivity contribution is 0.110. The summed E-state index contributed by atoms with van der Waals surface area (Å²) in [6.07, 6.45) is 2.18. The zero-order valence-corrected chi connectivity index (χ0v) is 15.7. The number of nitrogens with zero attached hydrogens (tertiary/aromatic N) is 2. The van der Waals surface area contributed by atoms with Crippen molar-refractivity contribution in [1.82, 2.24) is 4.90 Å². The van der Waals surface area contributed by atoms with Crippen LogP contribution in [0.3, 0.4) is 0 Å². The molecule has 2 aromatic carbocycles. The molecule has 26 heavy (non-hydrogen) atoms. The van der Waals surface area contributed by atoms with E-state index in [9.17, 15) is 0 Å². The van der Waals surface area contributed by atoms with Crippen molar-refractivity contribution in [3.05, 3.63) is 48.0 Å². The number of isothiocyanates is 1. The molecule has 0 bridgehead atoms. The largest absolute Gasteiger partial charge is 0.454 e. The van der Waals surface area contributed by atoms with Crippen molar-refractivity contribution in [3.8, 4) is 22.6 Å². The summed E-state index contributed by atoms with van der Waals surface area (Å²) in [6, 6.07) is 15.9. The molecule has 0 atom stereocenters. The van der Waals surface area contributed by atoms with Crippen molar-refractivity contribution in [1.29, 1.82) is 0 Å². The van der Waals surface area contributed by atoms with Crippen LogP contribution in [0, 0.1) is 0 Å². The first-order valence-electron chi connectivity index (χ1n) is 9.07. The number of rotatable bonds is 6. The fourth-order valence-electron chi connectivity index (χ4n) is 3.65. The standard InChI is InChI=1S/C21H22N2O2S/c1-2-23(19-10-18(11-19)22-13-26)12-15-3-5-16(6-4-15)17-7-8-20-21(9-17)25-14-24-20/h3-9,18-19H,2,10-12,14H2,1H3. The van der Waals surface area contributed by atoms with Gasteiger partial charge in [0.05, 0.1) is 11.2 Å². The summed E-state index contributed by atoms with van der Waals surface area (Å²) < 4.78 is 10.9. The summed E-state index contributed by atoms with van der Waals surface area (Å²) in [4.78, 5) is 6.71. The third-order valence-electron chi connectivity index (χ3n) is 5.29. The van der Waals surface area contributed by atoms with Crippen molar-refractivity contribution in [3.63, 3.8) is 0 Å². The molecular formula is C21H22N2O2S. The maximum Gasteiger partial charge on any atom is 0.231 e. The Morgan fingerprint density at radius 3 is 2.54 bits per heavy atom. The molecular weight excluding hydrogens is 344 g/mol. The molecule has 2 aliphatic rings. The third kappa shape index (κ3) is 3.51. The van der Waals surface area contributed by atoms with Crippen LogP contribution in [0.4, 0.5) is 0 Å². The van der Waals surface area contributed by atoms with Crippen LogP contribution >= 0.6 is 12.2 Å². The van der Waals surface area contributed by atoms with E-state index in [1.54, 1.807) is 0 Å². The highest BCUT2D eigenvalue weighted by Gasteiger charge is 2.32. The van der Waals surface area contributed by atoms with E-state index in [-0.39, 0.29) is 0 Å². The van der Waals surface area contributed by atoms with Crippen LogP contribution in [0.1, 0.15) is 25.3 Å². The molecule has 0 aromatic heterocycles. The normalized spacial score (nSPS) is 20.5. The van der Waals surface area contributed by atoms with Gasteiger partial charge >= 0.3 is 0 Å². The molecule has 4 rings (SSSR count). The first-order chi connectivity index (χ1) is 12.8. The number of hydrogen-bond donors (Lipinski definition) is 0. The van der Waals surface area contributed by atoms with E-state index in [2.05, 4.69) is 52.3 Å². The highest BCUT2D eigenvalue weighted by atomic mass is 32.1. The first-order valence-corrected chi connectivity index (χ1v) is 9.47. The molecule has 0 unspecified atom stereocenters. The van der Waals surface area contributed by atoms with E-state index in [0.29, 0.717) is 18.9 Å². The predicted octanol–water partition coefficient (Wildman–Crippen LogP) is 4.54. The minimum atomic E-state index is 0.308. The van der Waals surface area contributed by atoms with Crippen LogP contribution < -0.4 is 9.47 Å². The van der Waals surface area contributed by atoms with Gasteiger partial charge in [0.15, 0.2) is 11.5 Å². The number of benzene rings is 2. The molecule has 1 aliphatic heterocycles. The van der Waals surface area contributed by atoms with Crippen LogP contribution in [-0.4, -0.2) is 35.5 Å². The Morgan fingerprint density at radius 2 is 1.81 bits per heavy atom. The second kappa shape index (κ2) is 7.58. The van der Waals surface area contributed by atoms with Crippen molar-refractivity contribution in [2.24, 2.45) is 4.99 Å². The molecule has 2 aromatic rings. The van der Waals surface area contributed by atoms with Gasteiger partial charge in [0.25, 0.3) is 0 Å². The maximum absolute atomic E-state index is 5.48. The molecule has 5 heteroatoms. The Kier molecular flexibility index (Phi) is 5.02. The summed E-state index contributed by atoms with van der Waals surface area (Å²) in [5.41, 5.74) is 3.67. The van der Waals surface area contributed by atoms with Crippen LogP contribution in [-0.2, 0) is 6.54 Å². The summed E-state index contributed by atoms with van der Waals surface area (Å²) in [6.45, 7) is 4.54. The van der Waals surface area contributed by atoms with E-state index in [4.69, 9.17) is 21.7 Å². The lowest BCUT2D eigenvalue weighted by Gasteiger charge is -2.40. The molecule has 0 spiro atoms. The highest BCUT2D eigenvalue weighted by molar-refractivity contribution is 7.78. The van der Waals surface area contributed by atoms with Gasteiger partial charge in [0.2, 0.25) is 6.79 Å². The zero-order chi connectivity index (χ0) is 17.9. The summed E-state index contributed by atoms with van der Waals surface area (Å²) >= 11 is 4.70. The Hall–Kier alpha value is -2.20. The quantitative estimate of drug-likeness (QED) is 0.555. The molecule has 0 saturated heterocycles. The third-order valence-corrected chi connectivity index (χ3v) is 5.40. The maximum atomic E-state index is 5.48. The fraction of sp³-hybridized carbons (Fsp3) is 0.381. The number of thiocarbonyl (C=S) groups is 1. The van der Waals surface area contributed by atoms with E-state index >= 15 is 0 Å².